The van der Waals surface area contributed by atoms with Gasteiger partial charge in [-0.1, -0.05) is 12.1 Å². The van der Waals surface area contributed by atoms with E-state index in [1.807, 2.05) is 12.1 Å². The van der Waals surface area contributed by atoms with Gasteiger partial charge in [0.15, 0.2) is 0 Å². The molecule has 0 saturated carbocycles. The van der Waals surface area contributed by atoms with Gasteiger partial charge in [0, 0.05) is 5.56 Å². The van der Waals surface area contributed by atoms with Gasteiger partial charge in [-0.05, 0) is 35.9 Å². The van der Waals surface area contributed by atoms with E-state index in [-0.39, 0.29) is 5.56 Å². The van der Waals surface area contributed by atoms with Crippen molar-refractivity contribution in [1.29, 1.82) is 0 Å². The molecule has 2 aromatic rings. The van der Waals surface area contributed by atoms with Crippen LogP contribution in [0.4, 0.5) is 0 Å². The first-order chi connectivity index (χ1) is 9.15. The number of methoxy groups -OCH3 is 2. The zero-order chi connectivity index (χ0) is 13.8. The summed E-state index contributed by atoms with van der Waals surface area (Å²) in [7, 11) is 3.16. The van der Waals surface area contributed by atoms with Crippen molar-refractivity contribution in [1.82, 2.24) is 0 Å². The lowest BCUT2D eigenvalue weighted by Crippen LogP contribution is -1.96. The van der Waals surface area contributed by atoms with Gasteiger partial charge in [-0.3, -0.25) is 0 Å². The van der Waals surface area contributed by atoms with Crippen molar-refractivity contribution >= 4 is 5.97 Å². The summed E-state index contributed by atoms with van der Waals surface area (Å²) in [5.41, 5.74) is 1.81. The van der Waals surface area contributed by atoms with Crippen LogP contribution in [0.3, 0.4) is 0 Å². The molecule has 2 aromatic carbocycles. The van der Waals surface area contributed by atoms with Gasteiger partial charge in [-0.15, -0.1) is 0 Å². The Balaban J connectivity index is 2.56. The number of rotatable bonds is 4. The fraction of sp³-hybridized carbons (Fsp3) is 0.133. The van der Waals surface area contributed by atoms with Gasteiger partial charge in [-0.25, -0.2) is 4.79 Å². The smallest absolute Gasteiger partial charge is 0.335 e. The van der Waals surface area contributed by atoms with E-state index in [4.69, 9.17) is 14.6 Å². The maximum Gasteiger partial charge on any atom is 0.335 e. The molecule has 4 heteroatoms. The summed E-state index contributed by atoms with van der Waals surface area (Å²) >= 11 is 0. The Hall–Kier alpha value is -2.49. The quantitative estimate of drug-likeness (QED) is 0.915. The third kappa shape index (κ3) is 2.68. The largest absolute Gasteiger partial charge is 0.497 e. The van der Waals surface area contributed by atoms with Gasteiger partial charge in [0.1, 0.15) is 11.5 Å². The molecule has 0 heterocycles. The predicted octanol–water partition coefficient (Wildman–Crippen LogP) is 3.07. The Morgan fingerprint density at radius 2 is 1.84 bits per heavy atom. The van der Waals surface area contributed by atoms with Crippen molar-refractivity contribution in [3.05, 3.63) is 48.0 Å². The second kappa shape index (κ2) is 5.44. The minimum atomic E-state index is -0.955. The van der Waals surface area contributed by atoms with Crippen LogP contribution in [-0.2, 0) is 0 Å². The van der Waals surface area contributed by atoms with Crippen LogP contribution in [0.2, 0.25) is 0 Å². The number of hydrogen-bond acceptors (Lipinski definition) is 3. The Kier molecular flexibility index (Phi) is 3.71. The molecule has 0 bridgehead atoms. The van der Waals surface area contributed by atoms with Crippen LogP contribution in [0.5, 0.6) is 11.5 Å². The van der Waals surface area contributed by atoms with Gasteiger partial charge >= 0.3 is 5.97 Å². The van der Waals surface area contributed by atoms with Crippen LogP contribution >= 0.6 is 0 Å². The number of benzene rings is 2. The van der Waals surface area contributed by atoms with Crippen molar-refractivity contribution in [3.63, 3.8) is 0 Å². The zero-order valence-electron chi connectivity index (χ0n) is 10.7. The van der Waals surface area contributed by atoms with E-state index in [0.717, 1.165) is 11.1 Å². The van der Waals surface area contributed by atoms with E-state index < -0.39 is 5.97 Å². The molecule has 1 N–H and O–H groups in total. The van der Waals surface area contributed by atoms with Crippen LogP contribution in [0.25, 0.3) is 11.1 Å². The molecule has 0 amide bonds. The van der Waals surface area contributed by atoms with Crippen LogP contribution in [0.15, 0.2) is 42.5 Å². The molecule has 0 aliphatic carbocycles. The normalized spacial score (nSPS) is 10.0. The summed E-state index contributed by atoms with van der Waals surface area (Å²) in [5, 5.41) is 9.03. The Morgan fingerprint density at radius 3 is 2.47 bits per heavy atom. The average Bonchev–Trinajstić information content (AvgIpc) is 2.46. The van der Waals surface area contributed by atoms with Gasteiger partial charge in [0.05, 0.1) is 19.8 Å². The van der Waals surface area contributed by atoms with Crippen molar-refractivity contribution in [3.8, 4) is 22.6 Å². The third-order valence-corrected chi connectivity index (χ3v) is 2.83. The van der Waals surface area contributed by atoms with Crippen molar-refractivity contribution in [2.24, 2.45) is 0 Å². The fourth-order valence-electron chi connectivity index (χ4n) is 1.86. The van der Waals surface area contributed by atoms with Crippen LogP contribution in [0, 0.1) is 0 Å². The first-order valence-corrected chi connectivity index (χ1v) is 5.71. The Labute approximate surface area is 111 Å². The second-order valence-corrected chi connectivity index (χ2v) is 3.95. The lowest BCUT2D eigenvalue weighted by molar-refractivity contribution is 0.0697. The fourth-order valence-corrected chi connectivity index (χ4v) is 1.86. The molecule has 98 valence electrons. The zero-order valence-corrected chi connectivity index (χ0v) is 10.7. The molecular formula is C15H14O4. The average molecular weight is 258 g/mol. The Bertz CT molecular complexity index is 605. The molecule has 0 saturated heterocycles. The second-order valence-electron chi connectivity index (χ2n) is 3.95. The standard InChI is InChI=1S/C15H14O4/c1-18-12-6-7-14(19-2)13(9-12)10-4-3-5-11(8-10)15(16)17/h3-9H,1-2H3,(H,16,17). The van der Waals surface area contributed by atoms with Crippen molar-refractivity contribution in [2.75, 3.05) is 14.2 Å². The highest BCUT2D eigenvalue weighted by Gasteiger charge is 2.10. The maximum absolute atomic E-state index is 11.0. The number of ether oxygens (including phenoxy) is 2. The molecule has 2 rings (SSSR count). The Morgan fingerprint density at radius 1 is 1.05 bits per heavy atom. The molecular weight excluding hydrogens is 244 g/mol. The summed E-state index contributed by atoms with van der Waals surface area (Å²) in [5.74, 6) is 0.406. The van der Waals surface area contributed by atoms with Crippen LogP contribution < -0.4 is 9.47 Å². The molecule has 0 unspecified atom stereocenters. The predicted molar refractivity (Wildman–Crippen MR) is 71.9 cm³/mol. The van der Waals surface area contributed by atoms with E-state index in [0.29, 0.717) is 11.5 Å². The van der Waals surface area contributed by atoms with E-state index in [1.165, 1.54) is 0 Å². The number of hydrogen-bond donors (Lipinski definition) is 1. The van der Waals surface area contributed by atoms with E-state index in [9.17, 15) is 4.79 Å². The lowest BCUT2D eigenvalue weighted by atomic mass is 10.0. The SMILES string of the molecule is COc1ccc(OC)c(-c2cccc(C(=O)O)c2)c1. The molecule has 0 radical (unpaired) electrons. The summed E-state index contributed by atoms with van der Waals surface area (Å²) in [6.07, 6.45) is 0. The molecule has 0 fully saturated rings. The lowest BCUT2D eigenvalue weighted by Gasteiger charge is -2.11. The van der Waals surface area contributed by atoms with Gasteiger partial charge in [0.2, 0.25) is 0 Å². The van der Waals surface area contributed by atoms with Crippen molar-refractivity contribution < 1.29 is 19.4 Å². The first-order valence-electron chi connectivity index (χ1n) is 5.71. The minimum absolute atomic E-state index is 0.238. The van der Waals surface area contributed by atoms with Crippen molar-refractivity contribution in [2.45, 2.75) is 0 Å². The topological polar surface area (TPSA) is 55.8 Å². The number of carbonyl (C=O) groups is 1. The maximum atomic E-state index is 11.0. The molecule has 0 aromatic heterocycles. The van der Waals surface area contributed by atoms with Crippen LogP contribution in [-0.4, -0.2) is 25.3 Å². The minimum Gasteiger partial charge on any atom is -0.497 e. The highest BCUT2D eigenvalue weighted by molar-refractivity contribution is 5.89. The highest BCUT2D eigenvalue weighted by Crippen LogP contribution is 2.33. The van der Waals surface area contributed by atoms with E-state index in [1.54, 1.807) is 44.6 Å². The third-order valence-electron chi connectivity index (χ3n) is 2.83. The molecule has 0 aliphatic rings. The summed E-state index contributed by atoms with van der Waals surface area (Å²) in [4.78, 5) is 11.0. The molecule has 0 aliphatic heterocycles. The van der Waals surface area contributed by atoms with Gasteiger partial charge < -0.3 is 14.6 Å². The van der Waals surface area contributed by atoms with E-state index >= 15 is 0 Å². The first kappa shape index (κ1) is 13.0. The monoisotopic (exact) mass is 258 g/mol. The number of carboxylic acids is 1. The van der Waals surface area contributed by atoms with Crippen LogP contribution in [0.1, 0.15) is 10.4 Å². The molecule has 19 heavy (non-hydrogen) atoms. The highest BCUT2D eigenvalue weighted by atomic mass is 16.5. The summed E-state index contributed by atoms with van der Waals surface area (Å²) in [6, 6.07) is 12.1. The summed E-state index contributed by atoms with van der Waals surface area (Å²) in [6.45, 7) is 0. The molecule has 0 spiro atoms. The summed E-state index contributed by atoms with van der Waals surface area (Å²) < 4.78 is 10.5. The molecule has 4 nitrogen and oxygen atoms in total. The van der Waals surface area contributed by atoms with Gasteiger partial charge in [0.25, 0.3) is 0 Å². The number of carboxylic acid groups (broad SMARTS) is 1. The van der Waals surface area contributed by atoms with E-state index in [2.05, 4.69) is 0 Å². The molecule has 0 atom stereocenters. The number of aromatic carboxylic acids is 1. The van der Waals surface area contributed by atoms with Gasteiger partial charge in [-0.2, -0.15) is 0 Å².